The third-order valence-corrected chi connectivity index (χ3v) is 2.72. The fourth-order valence-electron chi connectivity index (χ4n) is 1.73. The highest BCUT2D eigenvalue weighted by molar-refractivity contribution is 5.94. The summed E-state index contributed by atoms with van der Waals surface area (Å²) < 4.78 is 0. The van der Waals surface area contributed by atoms with E-state index in [1.807, 2.05) is 25.1 Å². The molecule has 0 fully saturated rings. The largest absolute Gasteiger partial charge is 0.326 e. The Hall–Kier alpha value is -1.82. The zero-order chi connectivity index (χ0) is 10.8. The first-order chi connectivity index (χ1) is 7.20. The van der Waals surface area contributed by atoms with Crippen molar-refractivity contribution in [1.29, 1.82) is 5.26 Å². The van der Waals surface area contributed by atoms with Crippen LogP contribution in [0.5, 0.6) is 0 Å². The average Bonchev–Trinajstić information content (AvgIpc) is 2.27. The van der Waals surface area contributed by atoms with E-state index in [1.54, 1.807) is 0 Å². The van der Waals surface area contributed by atoms with Crippen molar-refractivity contribution < 1.29 is 4.79 Å². The van der Waals surface area contributed by atoms with Crippen LogP contribution in [0.4, 0.5) is 5.69 Å². The Morgan fingerprint density at radius 1 is 1.47 bits per heavy atom. The lowest BCUT2D eigenvalue weighted by Gasteiger charge is -2.18. The van der Waals surface area contributed by atoms with Gasteiger partial charge in [-0.3, -0.25) is 4.79 Å². The van der Waals surface area contributed by atoms with Crippen molar-refractivity contribution >= 4 is 11.6 Å². The second kappa shape index (κ2) is 3.74. The Labute approximate surface area is 88.7 Å². The van der Waals surface area contributed by atoms with Crippen LogP contribution < -0.4 is 5.32 Å². The molecule has 3 nitrogen and oxygen atoms in total. The number of aryl methyl sites for hydroxylation is 1. The molecule has 2 rings (SSSR count). The molecule has 1 unspecified atom stereocenters. The van der Waals surface area contributed by atoms with Gasteiger partial charge in [0.25, 0.3) is 0 Å². The highest BCUT2D eigenvalue weighted by Gasteiger charge is 2.15. The van der Waals surface area contributed by atoms with Gasteiger partial charge in [0.05, 0.1) is 12.0 Å². The minimum absolute atomic E-state index is 0.0595. The van der Waals surface area contributed by atoms with Gasteiger partial charge >= 0.3 is 0 Å². The summed E-state index contributed by atoms with van der Waals surface area (Å²) in [5.74, 6) is -0.0709. The molecule has 0 aliphatic carbocycles. The van der Waals surface area contributed by atoms with E-state index < -0.39 is 0 Å². The third-order valence-electron chi connectivity index (χ3n) is 2.72. The molecule has 0 aromatic heterocycles. The fraction of sp³-hybridized carbons (Fsp3) is 0.333. The monoisotopic (exact) mass is 200 g/mol. The number of hydrogen-bond donors (Lipinski definition) is 1. The number of nitrogens with zero attached hydrogens (tertiary/aromatic N) is 1. The van der Waals surface area contributed by atoms with E-state index in [1.165, 1.54) is 0 Å². The van der Waals surface area contributed by atoms with Crippen LogP contribution in [-0.4, -0.2) is 5.91 Å². The van der Waals surface area contributed by atoms with Crippen LogP contribution in [0.3, 0.4) is 0 Å². The van der Waals surface area contributed by atoms with E-state index in [0.717, 1.165) is 23.2 Å². The van der Waals surface area contributed by atoms with Gasteiger partial charge in [0.15, 0.2) is 0 Å². The topological polar surface area (TPSA) is 52.9 Å². The smallest absolute Gasteiger partial charge is 0.224 e. The second-order valence-electron chi connectivity index (χ2n) is 3.82. The van der Waals surface area contributed by atoms with Gasteiger partial charge in [0, 0.05) is 12.1 Å². The number of nitrogens with one attached hydrogen (secondary N) is 1. The van der Waals surface area contributed by atoms with Crippen molar-refractivity contribution in [3.8, 4) is 6.07 Å². The summed E-state index contributed by atoms with van der Waals surface area (Å²) in [7, 11) is 0. The van der Waals surface area contributed by atoms with Gasteiger partial charge in [0.1, 0.15) is 0 Å². The Bertz CT molecular complexity index is 445. The summed E-state index contributed by atoms with van der Waals surface area (Å²) in [5.41, 5.74) is 2.98. The van der Waals surface area contributed by atoms with Crippen LogP contribution in [0.25, 0.3) is 0 Å². The molecule has 76 valence electrons. The number of carbonyl (C=O) groups is 1. The Balaban J connectivity index is 2.37. The average molecular weight is 200 g/mol. The molecule has 0 saturated heterocycles. The van der Waals surface area contributed by atoms with Crippen LogP contribution in [0.1, 0.15) is 30.4 Å². The van der Waals surface area contributed by atoms with Gasteiger partial charge in [-0.2, -0.15) is 5.26 Å². The molecule has 0 spiro atoms. The number of nitriles is 1. The predicted molar refractivity (Wildman–Crippen MR) is 57.4 cm³/mol. The maximum atomic E-state index is 11.2. The molecule has 1 N–H and O–H groups in total. The molecule has 1 aromatic rings. The van der Waals surface area contributed by atoms with Gasteiger partial charge in [-0.25, -0.2) is 0 Å². The first kappa shape index (κ1) is 9.72. The van der Waals surface area contributed by atoms with Crippen LogP contribution in [0.15, 0.2) is 18.2 Å². The number of rotatable bonds is 1. The Morgan fingerprint density at radius 2 is 2.27 bits per heavy atom. The summed E-state index contributed by atoms with van der Waals surface area (Å²) in [6, 6.07) is 8.05. The number of amides is 1. The second-order valence-corrected chi connectivity index (χ2v) is 3.82. The van der Waals surface area contributed by atoms with Crippen molar-refractivity contribution in [3.05, 3.63) is 29.3 Å². The fourth-order valence-corrected chi connectivity index (χ4v) is 1.73. The SMILES string of the molecule is CC(C#N)c1ccc2c(c1)NC(=O)CC2. The molecule has 1 aromatic carbocycles. The first-order valence-electron chi connectivity index (χ1n) is 5.03. The van der Waals surface area contributed by atoms with E-state index >= 15 is 0 Å². The standard InChI is InChI=1S/C12H12N2O/c1-8(7-13)10-3-2-9-4-5-12(15)14-11(9)6-10/h2-3,6,8H,4-5H2,1H3,(H,14,15). The molecular weight excluding hydrogens is 188 g/mol. The minimum atomic E-state index is -0.130. The molecule has 0 bridgehead atoms. The molecule has 1 amide bonds. The molecule has 1 aliphatic heterocycles. The minimum Gasteiger partial charge on any atom is -0.326 e. The van der Waals surface area contributed by atoms with Gasteiger partial charge in [-0.1, -0.05) is 12.1 Å². The highest BCUT2D eigenvalue weighted by Crippen LogP contribution is 2.26. The maximum Gasteiger partial charge on any atom is 0.224 e. The lowest BCUT2D eigenvalue weighted by molar-refractivity contribution is -0.116. The zero-order valence-electron chi connectivity index (χ0n) is 8.58. The molecule has 3 heteroatoms. The van der Waals surface area contributed by atoms with Crippen LogP contribution in [0, 0.1) is 11.3 Å². The van der Waals surface area contributed by atoms with E-state index in [9.17, 15) is 4.79 Å². The molecule has 0 radical (unpaired) electrons. The normalized spacial score (nSPS) is 16.1. The van der Waals surface area contributed by atoms with Gasteiger partial charge in [0.2, 0.25) is 5.91 Å². The van der Waals surface area contributed by atoms with Crippen LogP contribution in [-0.2, 0) is 11.2 Å². The summed E-state index contributed by atoms with van der Waals surface area (Å²) in [5, 5.41) is 11.6. The zero-order valence-corrected chi connectivity index (χ0v) is 8.58. The Kier molecular flexibility index (Phi) is 2.42. The number of hydrogen-bond acceptors (Lipinski definition) is 2. The molecule has 15 heavy (non-hydrogen) atoms. The van der Waals surface area contributed by atoms with Crippen LogP contribution >= 0.6 is 0 Å². The maximum absolute atomic E-state index is 11.2. The van der Waals surface area contributed by atoms with Crippen molar-refractivity contribution in [2.45, 2.75) is 25.7 Å². The van der Waals surface area contributed by atoms with Gasteiger partial charge < -0.3 is 5.32 Å². The number of carbonyl (C=O) groups excluding carboxylic acids is 1. The number of benzene rings is 1. The van der Waals surface area contributed by atoms with Crippen molar-refractivity contribution in [2.24, 2.45) is 0 Å². The van der Waals surface area contributed by atoms with Gasteiger partial charge in [-0.05, 0) is 30.5 Å². The van der Waals surface area contributed by atoms with E-state index in [0.29, 0.717) is 6.42 Å². The summed E-state index contributed by atoms with van der Waals surface area (Å²) >= 11 is 0. The lowest BCUT2D eigenvalue weighted by atomic mass is 9.96. The first-order valence-corrected chi connectivity index (χ1v) is 5.03. The Morgan fingerprint density at radius 3 is 3.00 bits per heavy atom. The van der Waals surface area contributed by atoms with Crippen LogP contribution in [0.2, 0.25) is 0 Å². The molecule has 1 heterocycles. The third kappa shape index (κ3) is 1.84. The van der Waals surface area contributed by atoms with Crippen molar-refractivity contribution in [2.75, 3.05) is 5.32 Å². The number of fused-ring (bicyclic) bond motifs is 1. The molecular formula is C12H12N2O. The summed E-state index contributed by atoms with van der Waals surface area (Å²) in [4.78, 5) is 11.2. The van der Waals surface area contributed by atoms with Crippen molar-refractivity contribution in [3.63, 3.8) is 0 Å². The predicted octanol–water partition coefficient (Wildman–Crippen LogP) is 2.20. The highest BCUT2D eigenvalue weighted by atomic mass is 16.1. The van der Waals surface area contributed by atoms with Gasteiger partial charge in [-0.15, -0.1) is 0 Å². The number of anilines is 1. The molecule has 1 aliphatic rings. The van der Waals surface area contributed by atoms with Crippen molar-refractivity contribution in [1.82, 2.24) is 0 Å². The van der Waals surface area contributed by atoms with E-state index in [-0.39, 0.29) is 11.8 Å². The van der Waals surface area contributed by atoms with E-state index in [4.69, 9.17) is 5.26 Å². The van der Waals surface area contributed by atoms with E-state index in [2.05, 4.69) is 11.4 Å². The molecule has 1 atom stereocenters. The lowest BCUT2D eigenvalue weighted by Crippen LogP contribution is -2.19. The molecule has 0 saturated carbocycles. The summed E-state index contributed by atoms with van der Waals surface area (Å²) in [6.07, 6.45) is 1.35. The summed E-state index contributed by atoms with van der Waals surface area (Å²) in [6.45, 7) is 1.85. The quantitative estimate of drug-likeness (QED) is 0.755.